The lowest BCUT2D eigenvalue weighted by Gasteiger charge is -2.19. The van der Waals surface area contributed by atoms with Crippen LogP contribution in [0, 0.1) is 0 Å². The highest BCUT2D eigenvalue weighted by molar-refractivity contribution is 6.27. The van der Waals surface area contributed by atoms with Crippen LogP contribution < -0.4 is 0 Å². The van der Waals surface area contributed by atoms with Crippen LogP contribution in [0.3, 0.4) is 0 Å². The zero-order valence-corrected chi connectivity index (χ0v) is 22.6. The molecular formula is C42H26O. The second-order valence-corrected chi connectivity index (χ2v) is 10.4. The zero-order chi connectivity index (χ0) is 37.9. The van der Waals surface area contributed by atoms with Gasteiger partial charge in [0.15, 0.2) is 0 Å². The second-order valence-electron chi connectivity index (χ2n) is 10.4. The maximum atomic E-state index is 9.51. The molecule has 43 heavy (non-hydrogen) atoms. The van der Waals surface area contributed by atoms with Gasteiger partial charge in [-0.2, -0.15) is 0 Å². The van der Waals surface area contributed by atoms with Crippen molar-refractivity contribution in [2.45, 2.75) is 0 Å². The van der Waals surface area contributed by atoms with Gasteiger partial charge in [0.1, 0.15) is 11.2 Å². The average Bonchev–Trinajstić information content (AvgIpc) is 3.58. The highest BCUT2D eigenvalue weighted by Gasteiger charge is 2.22. The molecule has 0 amide bonds. The van der Waals surface area contributed by atoms with Gasteiger partial charge in [-0.3, -0.25) is 0 Å². The molecule has 0 saturated carbocycles. The highest BCUT2D eigenvalue weighted by atomic mass is 16.3. The van der Waals surface area contributed by atoms with E-state index in [4.69, 9.17) is 18.1 Å². The first-order valence-corrected chi connectivity index (χ1v) is 13.9. The van der Waals surface area contributed by atoms with Gasteiger partial charge in [-0.1, -0.05) is 145 Å². The molecule has 200 valence electrons. The maximum Gasteiger partial charge on any atom is 0.136 e. The van der Waals surface area contributed by atoms with E-state index < -0.39 is 60.4 Å². The molecule has 0 bridgehead atoms. The summed E-state index contributed by atoms with van der Waals surface area (Å²) in [6, 6.07) is 23.6. The summed E-state index contributed by atoms with van der Waals surface area (Å²) in [6.07, 6.45) is 0. The Bertz CT molecular complexity index is 3040. The Morgan fingerprint density at radius 3 is 1.56 bits per heavy atom. The van der Waals surface area contributed by atoms with Gasteiger partial charge >= 0.3 is 0 Å². The minimum atomic E-state index is -0.648. The van der Waals surface area contributed by atoms with Crippen LogP contribution in [0.2, 0.25) is 0 Å². The van der Waals surface area contributed by atoms with Gasteiger partial charge in [-0.25, -0.2) is 0 Å². The molecule has 0 aliphatic rings. The molecule has 0 unspecified atom stereocenters. The molecule has 0 saturated heterocycles. The molecule has 1 heteroatoms. The lowest BCUT2D eigenvalue weighted by molar-refractivity contribution is 0.669. The molecule has 8 aromatic carbocycles. The molecule has 1 nitrogen and oxygen atoms in total. The first-order chi connectivity index (χ1) is 25.9. The molecule has 0 aliphatic carbocycles. The summed E-state index contributed by atoms with van der Waals surface area (Å²) < 4.78 is 103. The van der Waals surface area contributed by atoms with Crippen molar-refractivity contribution in [2.24, 2.45) is 0 Å². The summed E-state index contributed by atoms with van der Waals surface area (Å²) in [7, 11) is 0. The summed E-state index contributed by atoms with van der Waals surface area (Å²) in [5, 5.41) is 5.23. The normalized spacial score (nSPS) is 15.3. The van der Waals surface area contributed by atoms with Crippen molar-refractivity contribution in [1.82, 2.24) is 0 Å². The molecule has 0 radical (unpaired) electrons. The quantitative estimate of drug-likeness (QED) is 0.197. The second kappa shape index (κ2) is 9.44. The Morgan fingerprint density at radius 1 is 0.395 bits per heavy atom. The van der Waals surface area contributed by atoms with Crippen LogP contribution in [0.4, 0.5) is 0 Å². The number of hydrogen-bond donors (Lipinski definition) is 0. The molecule has 1 heterocycles. The Hall–Kier alpha value is -5.66. The summed E-state index contributed by atoms with van der Waals surface area (Å²) in [4.78, 5) is 0. The standard InChI is InChI=1S/C42H26O/c1-2-13-28(14-3-1)30-22-11-25-37-41(30)42-36(24-12-26-38(42)43-37)40-34-20-8-6-18-32(34)39(33-19-7-9-21-35(33)40)31-23-10-16-27-15-4-5-17-29(27)31/h1-26H/i1D,2D,3D,11D,12D,13D,14D,22D,24D,25D,26D. The van der Waals surface area contributed by atoms with Crippen LogP contribution >= 0.6 is 0 Å². The molecule has 0 N–H and O–H groups in total. The summed E-state index contributed by atoms with van der Waals surface area (Å²) >= 11 is 0. The molecular weight excluding hydrogens is 520 g/mol. The summed E-state index contributed by atoms with van der Waals surface area (Å²) in [5.74, 6) is 0. The van der Waals surface area contributed by atoms with Crippen LogP contribution in [0.25, 0.3) is 87.6 Å². The fourth-order valence-corrected chi connectivity index (χ4v) is 6.39. The van der Waals surface area contributed by atoms with E-state index in [0.717, 1.165) is 32.7 Å². The number of hydrogen-bond acceptors (Lipinski definition) is 1. The van der Waals surface area contributed by atoms with Crippen LogP contribution in [0.5, 0.6) is 0 Å². The smallest absolute Gasteiger partial charge is 0.136 e. The zero-order valence-electron chi connectivity index (χ0n) is 33.6. The van der Waals surface area contributed by atoms with Gasteiger partial charge in [0.05, 0.1) is 15.1 Å². The van der Waals surface area contributed by atoms with Crippen LogP contribution in [0.1, 0.15) is 15.1 Å². The Morgan fingerprint density at radius 2 is 0.907 bits per heavy atom. The molecule has 0 atom stereocenters. The fourth-order valence-electron chi connectivity index (χ4n) is 6.39. The molecule has 0 spiro atoms. The third-order valence-electron chi connectivity index (χ3n) is 8.13. The predicted molar refractivity (Wildman–Crippen MR) is 183 cm³/mol. The van der Waals surface area contributed by atoms with Crippen LogP contribution in [-0.4, -0.2) is 0 Å². The summed E-state index contributed by atoms with van der Waals surface area (Å²) in [6.45, 7) is 0. The van der Waals surface area contributed by atoms with Crippen molar-refractivity contribution in [2.75, 3.05) is 0 Å². The van der Waals surface area contributed by atoms with E-state index in [2.05, 4.69) is 24.3 Å². The minimum absolute atomic E-state index is 0.0437. The van der Waals surface area contributed by atoms with Crippen molar-refractivity contribution in [3.63, 3.8) is 0 Å². The predicted octanol–water partition coefficient (Wildman–Crippen LogP) is 12.0. The van der Waals surface area contributed by atoms with Crippen LogP contribution in [-0.2, 0) is 0 Å². The van der Waals surface area contributed by atoms with E-state index in [-0.39, 0.29) is 44.7 Å². The van der Waals surface area contributed by atoms with E-state index in [1.165, 1.54) is 0 Å². The first kappa shape index (κ1) is 15.5. The van der Waals surface area contributed by atoms with Crippen molar-refractivity contribution in [3.8, 4) is 33.4 Å². The first-order valence-electron chi connectivity index (χ1n) is 19.4. The number of fused-ring (bicyclic) bond motifs is 6. The number of benzene rings is 8. The number of furan rings is 1. The third-order valence-corrected chi connectivity index (χ3v) is 8.13. The Kier molecular flexibility index (Phi) is 3.41. The topological polar surface area (TPSA) is 13.1 Å². The van der Waals surface area contributed by atoms with E-state index in [1.807, 2.05) is 66.7 Å². The summed E-state index contributed by atoms with van der Waals surface area (Å²) in [5.41, 5.74) is 1.57. The molecule has 0 aliphatic heterocycles. The van der Waals surface area contributed by atoms with Gasteiger partial charge in [0.2, 0.25) is 0 Å². The Labute approximate surface area is 264 Å². The minimum Gasteiger partial charge on any atom is -0.456 e. The van der Waals surface area contributed by atoms with Gasteiger partial charge < -0.3 is 4.42 Å². The van der Waals surface area contributed by atoms with E-state index in [1.54, 1.807) is 0 Å². The van der Waals surface area contributed by atoms with E-state index >= 15 is 0 Å². The van der Waals surface area contributed by atoms with Crippen molar-refractivity contribution >= 4 is 54.3 Å². The van der Waals surface area contributed by atoms with Gasteiger partial charge in [-0.05, 0) is 77.8 Å². The molecule has 0 fully saturated rings. The highest BCUT2D eigenvalue weighted by Crippen LogP contribution is 2.48. The van der Waals surface area contributed by atoms with Crippen LogP contribution in [0.15, 0.2) is 162 Å². The van der Waals surface area contributed by atoms with Crippen molar-refractivity contribution in [1.29, 1.82) is 0 Å². The van der Waals surface area contributed by atoms with Crippen molar-refractivity contribution in [3.05, 3.63) is 157 Å². The largest absolute Gasteiger partial charge is 0.456 e. The van der Waals surface area contributed by atoms with Gasteiger partial charge in [-0.15, -0.1) is 0 Å². The van der Waals surface area contributed by atoms with Crippen molar-refractivity contribution < 1.29 is 19.5 Å². The maximum absolute atomic E-state index is 9.51. The SMILES string of the molecule is [2H]c1c([2H])c([2H])c(-c2c([2H])c([2H])c([2H])c3oc4c([2H])c([2H])c([2H])c(-c5c6ccccc6c(-c6cccc7ccccc67)c6ccccc56)c4c23)c([2H])c1[2H]. The molecule has 9 aromatic rings. The molecule has 9 rings (SSSR count). The third kappa shape index (κ3) is 3.58. The van der Waals surface area contributed by atoms with E-state index in [0.29, 0.717) is 16.3 Å². The Balaban J connectivity index is 1.55. The van der Waals surface area contributed by atoms with E-state index in [9.17, 15) is 1.37 Å². The number of rotatable bonds is 3. The lowest BCUT2D eigenvalue weighted by atomic mass is 9.83. The average molecular weight is 558 g/mol. The molecule has 1 aromatic heterocycles. The van der Waals surface area contributed by atoms with Gasteiger partial charge in [0.25, 0.3) is 0 Å². The lowest BCUT2D eigenvalue weighted by Crippen LogP contribution is -1.92. The van der Waals surface area contributed by atoms with Gasteiger partial charge in [0, 0.05) is 10.8 Å². The monoisotopic (exact) mass is 557 g/mol. The fraction of sp³-hybridized carbons (Fsp3) is 0.